The number of hydrogen-bond acceptors (Lipinski definition) is 0. The van der Waals surface area contributed by atoms with Crippen LogP contribution < -0.4 is 0 Å². The van der Waals surface area contributed by atoms with Crippen LogP contribution in [0.3, 0.4) is 0 Å². The SMILES string of the molecule is C[N-]C[NH-].C[N-]C[NH-].O.O.[Co]. The third-order valence-corrected chi connectivity index (χ3v) is 0.316. The van der Waals surface area contributed by atoms with E-state index in [9.17, 15) is 0 Å². The smallest absolute Gasteiger partial charge is 0 e. The Bertz CT molecular complexity index is 28.1. The molecule has 6 N–H and O–H groups in total. The zero-order valence-electron chi connectivity index (χ0n) is 6.64. The summed E-state index contributed by atoms with van der Waals surface area (Å²) in [7, 11) is 3.24. The molecule has 0 aliphatic carbocycles. The van der Waals surface area contributed by atoms with E-state index in [1.165, 1.54) is 0 Å². The molecule has 77 valence electrons. The van der Waals surface area contributed by atoms with E-state index in [-0.39, 0.29) is 41.1 Å². The number of nitrogens with zero attached hydrogens (tertiary/aromatic N) is 2. The number of rotatable bonds is 2. The Morgan fingerprint density at radius 3 is 1.00 bits per heavy atom. The summed E-state index contributed by atoms with van der Waals surface area (Å²) in [5.74, 6) is 0. The molecule has 0 rings (SSSR count). The van der Waals surface area contributed by atoms with Gasteiger partial charge in [-0.05, 0) is 0 Å². The molecule has 1 radical (unpaired) electrons. The van der Waals surface area contributed by atoms with Crippen molar-refractivity contribution >= 4 is 0 Å². The fourth-order valence-electron chi connectivity index (χ4n) is 0. The van der Waals surface area contributed by atoms with E-state index in [2.05, 4.69) is 10.6 Å². The van der Waals surface area contributed by atoms with Crippen LogP contribution in [0.25, 0.3) is 22.1 Å². The first-order chi connectivity index (χ1) is 3.83. The van der Waals surface area contributed by atoms with Crippen LogP contribution in [0.15, 0.2) is 0 Å². The summed E-state index contributed by atoms with van der Waals surface area (Å²) >= 11 is 0. The zero-order valence-corrected chi connectivity index (χ0v) is 7.68. The second-order valence-electron chi connectivity index (χ2n) is 0.949. The average Bonchev–Trinajstić information content (AvgIpc) is 1.88. The Balaban J connectivity index is -0.0000000171. The van der Waals surface area contributed by atoms with E-state index in [1.807, 2.05) is 0 Å². The molecule has 11 heavy (non-hydrogen) atoms. The van der Waals surface area contributed by atoms with Crippen molar-refractivity contribution in [3.63, 3.8) is 0 Å². The molecule has 0 saturated carbocycles. The first kappa shape index (κ1) is 30.2. The Hall–Kier alpha value is 0.266. The van der Waals surface area contributed by atoms with Crippen molar-refractivity contribution in [3.8, 4) is 0 Å². The van der Waals surface area contributed by atoms with Crippen LogP contribution in [0.1, 0.15) is 0 Å². The van der Waals surface area contributed by atoms with Gasteiger partial charge in [0.2, 0.25) is 0 Å². The van der Waals surface area contributed by atoms with Gasteiger partial charge in [0.25, 0.3) is 0 Å². The largest absolute Gasteiger partial charge is 0.696 e. The number of nitrogens with one attached hydrogen (secondary N) is 2. The second-order valence-corrected chi connectivity index (χ2v) is 0.949. The van der Waals surface area contributed by atoms with Crippen molar-refractivity contribution < 1.29 is 27.7 Å². The zero-order chi connectivity index (χ0) is 6.83. The first-order valence-electron chi connectivity index (χ1n) is 2.23. The Kier molecular flexibility index (Phi) is 133. The summed E-state index contributed by atoms with van der Waals surface area (Å²) in [6.45, 7) is 0.389. The normalized spacial score (nSPS) is 5.45. The summed E-state index contributed by atoms with van der Waals surface area (Å²) in [4.78, 5) is 0. The molecular formula is C4H16CoN4O2-4. The van der Waals surface area contributed by atoms with E-state index in [4.69, 9.17) is 11.5 Å². The second kappa shape index (κ2) is 48.4. The fraction of sp³-hybridized carbons (Fsp3) is 1.00. The summed E-state index contributed by atoms with van der Waals surface area (Å²) < 4.78 is 0. The predicted molar refractivity (Wildman–Crippen MR) is 44.2 cm³/mol. The van der Waals surface area contributed by atoms with Crippen molar-refractivity contribution in [1.29, 1.82) is 0 Å². The van der Waals surface area contributed by atoms with Crippen molar-refractivity contribution in [1.82, 2.24) is 0 Å². The molecule has 0 heterocycles. The molecule has 6 nitrogen and oxygen atoms in total. The summed E-state index contributed by atoms with van der Waals surface area (Å²) in [6, 6.07) is 0. The molecule has 0 aliphatic rings. The van der Waals surface area contributed by atoms with Crippen molar-refractivity contribution in [2.45, 2.75) is 0 Å². The maximum Gasteiger partial charge on any atom is 0 e. The minimum Gasteiger partial charge on any atom is -0.696 e. The van der Waals surface area contributed by atoms with Gasteiger partial charge in [-0.1, -0.05) is 0 Å². The quantitative estimate of drug-likeness (QED) is 0.621. The topological polar surface area (TPSA) is 139 Å². The van der Waals surface area contributed by atoms with Gasteiger partial charge < -0.3 is 33.1 Å². The van der Waals surface area contributed by atoms with Crippen LogP contribution in [0, 0.1) is 0 Å². The van der Waals surface area contributed by atoms with E-state index in [1.54, 1.807) is 14.1 Å². The van der Waals surface area contributed by atoms with Gasteiger partial charge >= 0.3 is 0 Å². The van der Waals surface area contributed by atoms with Crippen LogP contribution >= 0.6 is 0 Å². The van der Waals surface area contributed by atoms with Crippen LogP contribution in [-0.4, -0.2) is 38.4 Å². The third-order valence-electron chi connectivity index (χ3n) is 0.316. The summed E-state index contributed by atoms with van der Waals surface area (Å²) in [5.41, 5.74) is 12.6. The molecule has 7 heteroatoms. The molecule has 0 aromatic carbocycles. The van der Waals surface area contributed by atoms with Crippen LogP contribution in [0.4, 0.5) is 0 Å². The molecule has 0 aromatic rings. The van der Waals surface area contributed by atoms with E-state index in [0.29, 0.717) is 0 Å². The van der Waals surface area contributed by atoms with Gasteiger partial charge in [0.05, 0.1) is 0 Å². The minimum atomic E-state index is 0. The molecule has 0 amide bonds. The average molecular weight is 211 g/mol. The molecule has 0 atom stereocenters. The van der Waals surface area contributed by atoms with Gasteiger partial charge in [0, 0.05) is 16.8 Å². The van der Waals surface area contributed by atoms with Crippen molar-refractivity contribution in [3.05, 3.63) is 22.1 Å². The molecule has 0 saturated heterocycles. The van der Waals surface area contributed by atoms with Crippen molar-refractivity contribution in [2.75, 3.05) is 27.4 Å². The van der Waals surface area contributed by atoms with Crippen molar-refractivity contribution in [2.24, 2.45) is 0 Å². The predicted octanol–water partition coefficient (Wildman–Crippen LogP) is 0.347. The van der Waals surface area contributed by atoms with Gasteiger partial charge in [-0.2, -0.15) is 14.1 Å². The minimum absolute atomic E-state index is 0. The molecule has 0 aromatic heterocycles. The van der Waals surface area contributed by atoms with E-state index >= 15 is 0 Å². The van der Waals surface area contributed by atoms with Crippen LogP contribution in [0.2, 0.25) is 0 Å². The summed E-state index contributed by atoms with van der Waals surface area (Å²) in [5, 5.41) is 6.81. The van der Waals surface area contributed by atoms with E-state index in [0.717, 1.165) is 0 Å². The Morgan fingerprint density at radius 1 is 0.909 bits per heavy atom. The first-order valence-corrected chi connectivity index (χ1v) is 2.23. The van der Waals surface area contributed by atoms with Crippen LogP contribution in [-0.2, 0) is 16.8 Å². The number of hydrogen-bond donors (Lipinski definition) is 0. The van der Waals surface area contributed by atoms with Gasteiger partial charge in [0.15, 0.2) is 0 Å². The van der Waals surface area contributed by atoms with Gasteiger partial charge in [-0.15, -0.1) is 0 Å². The van der Waals surface area contributed by atoms with Gasteiger partial charge in [-0.25, -0.2) is 0 Å². The maximum atomic E-state index is 6.28. The van der Waals surface area contributed by atoms with E-state index < -0.39 is 0 Å². The standard InChI is InChI=1S/2C2H6N2.Co.2H2O/c2*1-4-2-3;;;/h2*3H,2H2,1H3;;2*1H2/q2*-2;;;. The Morgan fingerprint density at radius 2 is 1.00 bits per heavy atom. The molecule has 0 unspecified atom stereocenters. The maximum absolute atomic E-state index is 6.28. The van der Waals surface area contributed by atoms with Gasteiger partial charge in [0.1, 0.15) is 0 Å². The molecule has 0 aliphatic heterocycles. The fourth-order valence-corrected chi connectivity index (χ4v) is 0. The van der Waals surface area contributed by atoms with Crippen LogP contribution in [0.5, 0.6) is 0 Å². The monoisotopic (exact) mass is 211 g/mol. The molecule has 0 bridgehead atoms. The van der Waals surface area contributed by atoms with Gasteiger partial charge in [-0.3, -0.25) is 13.3 Å². The molecule has 0 spiro atoms. The molecule has 0 fully saturated rings. The Labute approximate surface area is 77.9 Å². The molecular weight excluding hydrogens is 195 g/mol. The third kappa shape index (κ3) is 137. The summed E-state index contributed by atoms with van der Waals surface area (Å²) in [6.07, 6.45) is 0.